The molecule has 3 heteroatoms. The maximum atomic E-state index is 14.1. The SMILES string of the molecule is CCCCC(Cc1cc(C(C)(C)C)c(O)c(C(C)(C)C)c1)C(=O)C1CC(C)(C)N(C)C(C)(C)C1. The zero-order chi connectivity index (χ0) is 26.3. The number of phenolic OH excluding ortho intramolecular Hbond substituents is 1. The van der Waals surface area contributed by atoms with E-state index in [1.54, 1.807) is 0 Å². The van der Waals surface area contributed by atoms with Crippen LogP contribution in [0, 0.1) is 11.8 Å². The van der Waals surface area contributed by atoms with Crippen LogP contribution in [0.2, 0.25) is 0 Å². The quantitative estimate of drug-likeness (QED) is 0.441. The first kappa shape index (κ1) is 28.9. The van der Waals surface area contributed by atoms with Crippen LogP contribution in [0.4, 0.5) is 0 Å². The molecule has 1 aromatic carbocycles. The number of hydrogen-bond acceptors (Lipinski definition) is 3. The van der Waals surface area contributed by atoms with Crippen LogP contribution in [0.5, 0.6) is 5.75 Å². The Hall–Kier alpha value is -1.35. The lowest BCUT2D eigenvalue weighted by atomic mass is 9.69. The zero-order valence-electron chi connectivity index (χ0n) is 24.4. The third-order valence-corrected chi connectivity index (χ3v) is 8.29. The van der Waals surface area contributed by atoms with Crippen LogP contribution in [0.15, 0.2) is 12.1 Å². The number of benzene rings is 1. The Balaban J connectivity index is 2.46. The van der Waals surface area contributed by atoms with Crippen molar-refractivity contribution < 1.29 is 9.90 Å². The predicted molar refractivity (Wildman–Crippen MR) is 146 cm³/mol. The molecule has 3 nitrogen and oxygen atoms in total. The van der Waals surface area contributed by atoms with Gasteiger partial charge in [0.1, 0.15) is 11.5 Å². The summed E-state index contributed by atoms with van der Waals surface area (Å²) in [5, 5.41) is 11.1. The van der Waals surface area contributed by atoms with Gasteiger partial charge in [-0.3, -0.25) is 9.69 Å². The van der Waals surface area contributed by atoms with Crippen molar-refractivity contribution >= 4 is 5.78 Å². The minimum atomic E-state index is -0.162. The molecule has 1 aliphatic rings. The first-order valence-electron chi connectivity index (χ1n) is 13.5. The Morgan fingerprint density at radius 2 is 1.44 bits per heavy atom. The van der Waals surface area contributed by atoms with E-state index in [0.29, 0.717) is 11.5 Å². The summed E-state index contributed by atoms with van der Waals surface area (Å²) in [7, 11) is 2.20. The van der Waals surface area contributed by atoms with E-state index in [1.807, 2.05) is 0 Å². The van der Waals surface area contributed by atoms with Crippen LogP contribution < -0.4 is 0 Å². The molecule has 0 saturated carbocycles. The van der Waals surface area contributed by atoms with E-state index in [2.05, 4.69) is 100 Å². The second-order valence-electron chi connectivity index (χ2n) is 14.3. The molecule has 34 heavy (non-hydrogen) atoms. The van der Waals surface area contributed by atoms with Crippen molar-refractivity contribution in [3.8, 4) is 5.75 Å². The van der Waals surface area contributed by atoms with E-state index in [9.17, 15) is 9.90 Å². The molecule has 0 spiro atoms. The van der Waals surface area contributed by atoms with Crippen molar-refractivity contribution in [2.24, 2.45) is 11.8 Å². The molecule has 1 fully saturated rings. The van der Waals surface area contributed by atoms with Crippen LogP contribution in [0.25, 0.3) is 0 Å². The molecule has 1 atom stereocenters. The van der Waals surface area contributed by atoms with E-state index in [1.165, 1.54) is 5.56 Å². The Kier molecular flexibility index (Phi) is 8.46. The van der Waals surface area contributed by atoms with E-state index in [-0.39, 0.29) is 33.7 Å². The van der Waals surface area contributed by atoms with Gasteiger partial charge >= 0.3 is 0 Å². The van der Waals surface area contributed by atoms with Gasteiger partial charge in [0.05, 0.1) is 0 Å². The number of phenols is 1. The fourth-order valence-corrected chi connectivity index (χ4v) is 5.94. The van der Waals surface area contributed by atoms with Gasteiger partial charge in [0.25, 0.3) is 0 Å². The summed E-state index contributed by atoms with van der Waals surface area (Å²) in [6.45, 7) is 24.2. The van der Waals surface area contributed by atoms with Crippen LogP contribution in [0.3, 0.4) is 0 Å². The number of hydrogen-bond donors (Lipinski definition) is 1. The largest absolute Gasteiger partial charge is 0.507 e. The average molecular weight is 472 g/mol. The highest BCUT2D eigenvalue weighted by Crippen LogP contribution is 2.43. The third kappa shape index (κ3) is 6.45. The molecule has 0 aliphatic carbocycles. The molecule has 194 valence electrons. The van der Waals surface area contributed by atoms with E-state index in [4.69, 9.17) is 0 Å². The van der Waals surface area contributed by atoms with E-state index >= 15 is 0 Å². The van der Waals surface area contributed by atoms with Crippen molar-refractivity contribution in [3.63, 3.8) is 0 Å². The molecule has 0 aromatic heterocycles. The number of unbranched alkanes of at least 4 members (excludes halogenated alkanes) is 1. The maximum Gasteiger partial charge on any atom is 0.139 e. The summed E-state index contributed by atoms with van der Waals surface area (Å²) < 4.78 is 0. The van der Waals surface area contributed by atoms with Gasteiger partial charge in [-0.05, 0) is 87.9 Å². The van der Waals surface area contributed by atoms with Crippen molar-refractivity contribution in [1.82, 2.24) is 4.90 Å². The summed E-state index contributed by atoms with van der Waals surface area (Å²) >= 11 is 0. The minimum Gasteiger partial charge on any atom is -0.507 e. The number of ketones is 1. The fourth-order valence-electron chi connectivity index (χ4n) is 5.94. The number of Topliss-reactive ketones (excluding diaryl/α,β-unsaturated/α-hetero) is 1. The smallest absolute Gasteiger partial charge is 0.139 e. The summed E-state index contributed by atoms with van der Waals surface area (Å²) in [4.78, 5) is 16.5. The van der Waals surface area contributed by atoms with Crippen LogP contribution in [0.1, 0.15) is 125 Å². The van der Waals surface area contributed by atoms with Gasteiger partial charge in [0.2, 0.25) is 0 Å². The first-order valence-corrected chi connectivity index (χ1v) is 13.5. The highest BCUT2D eigenvalue weighted by molar-refractivity contribution is 5.84. The zero-order valence-corrected chi connectivity index (χ0v) is 24.4. The van der Waals surface area contributed by atoms with Crippen molar-refractivity contribution in [3.05, 3.63) is 28.8 Å². The summed E-state index contributed by atoms with van der Waals surface area (Å²) in [6, 6.07) is 4.33. The highest BCUT2D eigenvalue weighted by Gasteiger charge is 2.46. The maximum absolute atomic E-state index is 14.1. The molecule has 1 N–H and O–H groups in total. The summed E-state index contributed by atoms with van der Waals surface area (Å²) in [5.41, 5.74) is 2.85. The van der Waals surface area contributed by atoms with Gasteiger partial charge < -0.3 is 5.11 Å². The average Bonchev–Trinajstić information content (AvgIpc) is 2.67. The van der Waals surface area contributed by atoms with Gasteiger partial charge in [0, 0.05) is 22.9 Å². The fraction of sp³-hybridized carbons (Fsp3) is 0.774. The molecule has 1 aromatic rings. The van der Waals surface area contributed by atoms with Gasteiger partial charge in [-0.1, -0.05) is 73.4 Å². The second kappa shape index (κ2) is 9.96. The van der Waals surface area contributed by atoms with Crippen molar-refractivity contribution in [2.75, 3.05) is 7.05 Å². The predicted octanol–water partition coefficient (Wildman–Crippen LogP) is 7.80. The molecule has 1 unspecified atom stereocenters. The van der Waals surface area contributed by atoms with Crippen LogP contribution in [-0.2, 0) is 22.0 Å². The minimum absolute atomic E-state index is 0.00866. The Labute approximate surface area is 210 Å². The molecule has 1 aliphatic heterocycles. The number of aromatic hydroxyl groups is 1. The summed E-state index contributed by atoms with van der Waals surface area (Å²) in [5.74, 6) is 0.999. The monoisotopic (exact) mass is 471 g/mol. The summed E-state index contributed by atoms with van der Waals surface area (Å²) in [6.07, 6.45) is 5.73. The van der Waals surface area contributed by atoms with Gasteiger partial charge in [0.15, 0.2) is 0 Å². The van der Waals surface area contributed by atoms with E-state index in [0.717, 1.165) is 49.7 Å². The van der Waals surface area contributed by atoms with Gasteiger partial charge in [-0.15, -0.1) is 0 Å². The number of carbonyl (C=O) groups is 1. The number of piperidine rings is 1. The normalized spacial score (nSPS) is 20.4. The number of rotatable bonds is 7. The Morgan fingerprint density at radius 1 is 1.00 bits per heavy atom. The lowest BCUT2D eigenvalue weighted by molar-refractivity contribution is -0.134. The van der Waals surface area contributed by atoms with Crippen molar-refractivity contribution in [2.45, 2.75) is 137 Å². The van der Waals surface area contributed by atoms with Gasteiger partial charge in [-0.2, -0.15) is 0 Å². The Morgan fingerprint density at radius 3 is 1.82 bits per heavy atom. The van der Waals surface area contributed by atoms with Crippen molar-refractivity contribution in [1.29, 1.82) is 0 Å². The Bertz CT molecular complexity index is 813. The molecule has 0 bridgehead atoms. The molecule has 1 saturated heterocycles. The first-order chi connectivity index (χ1) is 15.3. The molecular weight excluding hydrogens is 418 g/mol. The second-order valence-corrected chi connectivity index (χ2v) is 14.3. The van der Waals surface area contributed by atoms with Crippen LogP contribution >= 0.6 is 0 Å². The van der Waals surface area contributed by atoms with Crippen LogP contribution in [-0.4, -0.2) is 33.9 Å². The lowest BCUT2D eigenvalue weighted by Gasteiger charge is -2.53. The molecule has 0 amide bonds. The van der Waals surface area contributed by atoms with E-state index < -0.39 is 0 Å². The number of nitrogens with zero attached hydrogens (tertiary/aromatic N) is 1. The number of carbonyl (C=O) groups excluding carboxylic acids is 1. The molecule has 0 radical (unpaired) electrons. The lowest BCUT2D eigenvalue weighted by Crippen LogP contribution is -2.59. The molecule has 2 rings (SSSR count). The molecular formula is C31H53NO2. The highest BCUT2D eigenvalue weighted by atomic mass is 16.3. The molecule has 1 heterocycles. The topological polar surface area (TPSA) is 40.5 Å². The third-order valence-electron chi connectivity index (χ3n) is 8.29. The standard InChI is InChI=1S/C31H53NO2/c1-13-14-15-22(26(33)23-19-30(8,9)32(12)31(10,11)20-23)16-21-17-24(28(2,3)4)27(34)25(18-21)29(5,6)7/h17-18,22-23,34H,13-16,19-20H2,1-12H3. The number of likely N-dealkylation sites (tertiary alicyclic amines) is 1. The van der Waals surface area contributed by atoms with Gasteiger partial charge in [-0.25, -0.2) is 0 Å².